The number of imide groups is 1. The molecule has 0 unspecified atom stereocenters. The zero-order valence-corrected chi connectivity index (χ0v) is 19.2. The Bertz CT molecular complexity index is 1190. The first kappa shape index (κ1) is 21.5. The molecule has 0 radical (unpaired) electrons. The van der Waals surface area contributed by atoms with Gasteiger partial charge in [0.2, 0.25) is 0 Å². The fourth-order valence-electron chi connectivity index (χ4n) is 5.44. The van der Waals surface area contributed by atoms with Crippen molar-refractivity contribution in [2.24, 2.45) is 0 Å². The number of hydrogen-bond acceptors (Lipinski definition) is 4. The standard InChI is InChI=1S/C26H30N4O3/c1-4-12-27-13-14-29-24(31)26(2)16-20-19-15-18(33-3)10-11-21(19)28-22(20)23(30(26)25(29)32)17-8-6-5-7-9-17/h4-6,8,10-11,15,23,27-28H,1,7,9,12-14,16H2,2-3H3/t23-,26+/m1/s1. The van der Waals surface area contributed by atoms with Crippen molar-refractivity contribution in [2.75, 3.05) is 26.7 Å². The first-order chi connectivity index (χ1) is 16.0. The number of benzene rings is 1. The normalized spacial score (nSPS) is 24.2. The van der Waals surface area contributed by atoms with Crippen molar-refractivity contribution >= 4 is 22.8 Å². The summed E-state index contributed by atoms with van der Waals surface area (Å²) in [5.41, 5.74) is 3.30. The molecule has 3 amide bonds. The summed E-state index contributed by atoms with van der Waals surface area (Å²) >= 11 is 0. The number of aromatic nitrogens is 1. The summed E-state index contributed by atoms with van der Waals surface area (Å²) < 4.78 is 5.47. The lowest BCUT2D eigenvalue weighted by Gasteiger charge is -2.43. The highest BCUT2D eigenvalue weighted by Gasteiger charge is 2.60. The van der Waals surface area contributed by atoms with Crippen LogP contribution < -0.4 is 10.1 Å². The summed E-state index contributed by atoms with van der Waals surface area (Å²) in [6.45, 7) is 7.13. The van der Waals surface area contributed by atoms with E-state index in [1.807, 2.05) is 30.0 Å². The maximum absolute atomic E-state index is 13.7. The van der Waals surface area contributed by atoms with Gasteiger partial charge in [0.05, 0.1) is 13.2 Å². The first-order valence-corrected chi connectivity index (χ1v) is 11.5. The van der Waals surface area contributed by atoms with E-state index in [4.69, 9.17) is 4.74 Å². The van der Waals surface area contributed by atoms with E-state index >= 15 is 0 Å². The van der Waals surface area contributed by atoms with Gasteiger partial charge in [-0.25, -0.2) is 4.79 Å². The number of methoxy groups -OCH3 is 1. The third kappa shape index (κ3) is 3.30. The average Bonchev–Trinajstić information content (AvgIpc) is 3.28. The zero-order valence-electron chi connectivity index (χ0n) is 19.2. The number of fused-ring (bicyclic) bond motifs is 4. The van der Waals surface area contributed by atoms with Crippen molar-refractivity contribution < 1.29 is 14.3 Å². The van der Waals surface area contributed by atoms with Crippen LogP contribution in [0.15, 0.2) is 54.7 Å². The molecule has 0 saturated carbocycles. The Morgan fingerprint density at radius 1 is 1.36 bits per heavy atom. The highest BCUT2D eigenvalue weighted by atomic mass is 16.5. The fraction of sp³-hybridized carbons (Fsp3) is 0.385. The van der Waals surface area contributed by atoms with Crippen LogP contribution in [0.5, 0.6) is 5.75 Å². The molecule has 7 nitrogen and oxygen atoms in total. The molecule has 33 heavy (non-hydrogen) atoms. The van der Waals surface area contributed by atoms with Crippen molar-refractivity contribution in [1.82, 2.24) is 20.1 Å². The van der Waals surface area contributed by atoms with Gasteiger partial charge in [0.1, 0.15) is 11.3 Å². The summed E-state index contributed by atoms with van der Waals surface area (Å²) in [4.78, 5) is 34.2. The molecular weight excluding hydrogens is 416 g/mol. The number of ether oxygens (including phenoxy) is 1. The summed E-state index contributed by atoms with van der Waals surface area (Å²) in [6, 6.07) is 5.44. The van der Waals surface area contributed by atoms with Crippen LogP contribution in [0.2, 0.25) is 0 Å². The highest BCUT2D eigenvalue weighted by molar-refractivity contribution is 6.08. The van der Waals surface area contributed by atoms with E-state index in [-0.39, 0.29) is 18.0 Å². The summed E-state index contributed by atoms with van der Waals surface area (Å²) in [6.07, 6.45) is 10.3. The number of nitrogens with one attached hydrogen (secondary N) is 2. The monoisotopic (exact) mass is 446 g/mol. The van der Waals surface area contributed by atoms with Gasteiger partial charge in [0.15, 0.2) is 0 Å². The lowest BCUT2D eigenvalue weighted by Crippen LogP contribution is -2.53. The Hall–Kier alpha value is -3.32. The number of H-pyrrole nitrogens is 1. The van der Waals surface area contributed by atoms with Crippen LogP contribution in [0.25, 0.3) is 10.9 Å². The minimum atomic E-state index is -0.937. The number of hydrogen-bond donors (Lipinski definition) is 2. The van der Waals surface area contributed by atoms with Gasteiger partial charge in [-0.3, -0.25) is 14.6 Å². The Kier molecular flexibility index (Phi) is 5.37. The molecule has 1 aromatic carbocycles. The molecule has 172 valence electrons. The fourth-order valence-corrected chi connectivity index (χ4v) is 5.44. The van der Waals surface area contributed by atoms with E-state index in [9.17, 15) is 9.59 Å². The number of allylic oxidation sites excluding steroid dienone is 3. The second kappa shape index (κ2) is 8.23. The number of carbonyl (C=O) groups is 2. The van der Waals surface area contributed by atoms with Crippen molar-refractivity contribution in [3.05, 3.63) is 65.9 Å². The molecule has 2 aliphatic heterocycles. The van der Waals surface area contributed by atoms with Crippen molar-refractivity contribution in [1.29, 1.82) is 0 Å². The Morgan fingerprint density at radius 2 is 2.21 bits per heavy atom. The predicted molar refractivity (Wildman–Crippen MR) is 128 cm³/mol. The van der Waals surface area contributed by atoms with Crippen LogP contribution in [-0.4, -0.2) is 59.0 Å². The number of urea groups is 1. The van der Waals surface area contributed by atoms with Gasteiger partial charge >= 0.3 is 6.03 Å². The zero-order chi connectivity index (χ0) is 23.2. The van der Waals surface area contributed by atoms with Crippen LogP contribution in [0.4, 0.5) is 4.79 Å². The molecule has 1 aromatic heterocycles. The van der Waals surface area contributed by atoms with Crippen LogP contribution in [0, 0.1) is 0 Å². The van der Waals surface area contributed by atoms with Crippen LogP contribution in [0.1, 0.15) is 37.1 Å². The van der Waals surface area contributed by atoms with Gasteiger partial charge < -0.3 is 15.0 Å². The molecule has 2 atom stereocenters. The molecule has 0 bridgehead atoms. The maximum atomic E-state index is 13.7. The van der Waals surface area contributed by atoms with Gasteiger partial charge in [0, 0.05) is 42.7 Å². The number of aromatic amines is 1. The summed E-state index contributed by atoms with van der Waals surface area (Å²) in [5.74, 6) is 0.643. The average molecular weight is 447 g/mol. The van der Waals surface area contributed by atoms with Gasteiger partial charge in [-0.1, -0.05) is 24.3 Å². The predicted octanol–water partition coefficient (Wildman–Crippen LogP) is 3.85. The van der Waals surface area contributed by atoms with Gasteiger partial charge in [0.25, 0.3) is 5.91 Å². The van der Waals surface area contributed by atoms with Crippen LogP contribution >= 0.6 is 0 Å². The maximum Gasteiger partial charge on any atom is 0.328 e. The molecule has 3 aliphatic rings. The lowest BCUT2D eigenvalue weighted by atomic mass is 9.79. The summed E-state index contributed by atoms with van der Waals surface area (Å²) in [7, 11) is 1.66. The molecule has 3 heterocycles. The SMILES string of the molecule is C=CCNCCN1C(=O)N2[C@H](C3=CC=CCC3)c3[nH]c4ccc(OC)cc4c3C[C@@]2(C)C1=O. The molecule has 2 N–H and O–H groups in total. The molecule has 1 aliphatic carbocycles. The van der Waals surface area contributed by atoms with Gasteiger partial charge in [-0.2, -0.15) is 0 Å². The molecule has 2 aromatic rings. The van der Waals surface area contributed by atoms with Crippen LogP contribution in [-0.2, 0) is 11.2 Å². The number of nitrogens with zero attached hydrogens (tertiary/aromatic N) is 2. The Labute approximate surface area is 193 Å². The number of amides is 3. The van der Waals surface area contributed by atoms with Gasteiger partial charge in [-0.05, 0) is 49.1 Å². The molecular formula is C26H30N4O3. The number of rotatable bonds is 7. The van der Waals surface area contributed by atoms with Crippen molar-refractivity contribution in [2.45, 2.75) is 37.8 Å². The van der Waals surface area contributed by atoms with Gasteiger partial charge in [-0.15, -0.1) is 6.58 Å². The Balaban J connectivity index is 1.62. The second-order valence-corrected chi connectivity index (χ2v) is 9.09. The molecule has 1 fully saturated rings. The largest absolute Gasteiger partial charge is 0.497 e. The second-order valence-electron chi connectivity index (χ2n) is 9.09. The molecule has 7 heteroatoms. The smallest absolute Gasteiger partial charge is 0.328 e. The van der Waals surface area contributed by atoms with Crippen LogP contribution in [0.3, 0.4) is 0 Å². The van der Waals surface area contributed by atoms with E-state index < -0.39 is 5.54 Å². The molecule has 5 rings (SSSR count). The van der Waals surface area contributed by atoms with Crippen molar-refractivity contribution in [3.8, 4) is 5.75 Å². The Morgan fingerprint density at radius 3 is 2.94 bits per heavy atom. The molecule has 0 spiro atoms. The van der Waals surface area contributed by atoms with E-state index in [0.29, 0.717) is 26.1 Å². The topological polar surface area (TPSA) is 77.7 Å². The van der Waals surface area contributed by atoms with E-state index in [2.05, 4.69) is 35.1 Å². The first-order valence-electron chi connectivity index (χ1n) is 11.5. The van der Waals surface area contributed by atoms with Crippen molar-refractivity contribution in [3.63, 3.8) is 0 Å². The summed E-state index contributed by atoms with van der Waals surface area (Å²) in [5, 5.41) is 4.25. The van der Waals surface area contributed by atoms with E-state index in [0.717, 1.165) is 46.3 Å². The lowest BCUT2D eigenvalue weighted by molar-refractivity contribution is -0.133. The van der Waals surface area contributed by atoms with E-state index in [1.54, 1.807) is 13.2 Å². The highest BCUT2D eigenvalue weighted by Crippen LogP contribution is 2.50. The molecule has 1 saturated heterocycles. The third-order valence-electron chi connectivity index (χ3n) is 7.07. The third-order valence-corrected chi connectivity index (χ3v) is 7.07. The van der Waals surface area contributed by atoms with E-state index in [1.165, 1.54) is 4.90 Å². The quantitative estimate of drug-likeness (QED) is 0.385. The minimum absolute atomic E-state index is 0.132. The minimum Gasteiger partial charge on any atom is -0.497 e. The number of carbonyl (C=O) groups excluding carboxylic acids is 2.